The number of carbonyl (C=O) groups excluding carboxylic acids is 2. The van der Waals surface area contributed by atoms with Crippen LogP contribution in [0.25, 0.3) is 0 Å². The number of methoxy groups -OCH3 is 1. The van der Waals surface area contributed by atoms with Crippen molar-refractivity contribution in [1.29, 1.82) is 0 Å². The number of amides is 2. The van der Waals surface area contributed by atoms with Gasteiger partial charge in [-0.2, -0.15) is 0 Å². The first-order valence-electron chi connectivity index (χ1n) is 11.8. The van der Waals surface area contributed by atoms with E-state index in [2.05, 4.69) is 5.32 Å². The van der Waals surface area contributed by atoms with E-state index >= 15 is 0 Å². The fourth-order valence-electron chi connectivity index (χ4n) is 3.73. The van der Waals surface area contributed by atoms with Gasteiger partial charge >= 0.3 is 0 Å². The molecule has 3 aromatic rings. The highest BCUT2D eigenvalue weighted by molar-refractivity contribution is 6.30. The van der Waals surface area contributed by atoms with Crippen molar-refractivity contribution in [2.24, 2.45) is 0 Å². The van der Waals surface area contributed by atoms with Crippen LogP contribution < -0.4 is 14.8 Å². The highest BCUT2D eigenvalue weighted by Gasteiger charge is 2.32. The van der Waals surface area contributed by atoms with Gasteiger partial charge in [-0.05, 0) is 68.3 Å². The van der Waals surface area contributed by atoms with E-state index in [1.807, 2.05) is 75.4 Å². The summed E-state index contributed by atoms with van der Waals surface area (Å²) in [5.41, 5.74) is 1.33. The summed E-state index contributed by atoms with van der Waals surface area (Å²) in [5.74, 6) is 0.663. The molecule has 1 N–H and O–H groups in total. The molecule has 6 nitrogen and oxygen atoms in total. The molecule has 0 saturated carbocycles. The van der Waals surface area contributed by atoms with E-state index in [0.717, 1.165) is 11.1 Å². The molecule has 0 aliphatic carbocycles. The number of nitrogens with one attached hydrogen (secondary N) is 1. The van der Waals surface area contributed by atoms with E-state index in [-0.39, 0.29) is 25.0 Å². The quantitative estimate of drug-likeness (QED) is 0.404. The van der Waals surface area contributed by atoms with Crippen molar-refractivity contribution in [2.45, 2.75) is 45.3 Å². The second-order valence-electron chi connectivity index (χ2n) is 9.56. The fraction of sp³-hybridized carbons (Fsp3) is 0.310. The van der Waals surface area contributed by atoms with E-state index in [9.17, 15) is 9.59 Å². The largest absolute Gasteiger partial charge is 0.497 e. The van der Waals surface area contributed by atoms with Gasteiger partial charge in [0.05, 0.1) is 7.11 Å². The minimum atomic E-state index is -0.751. The van der Waals surface area contributed by atoms with Crippen LogP contribution in [0.3, 0.4) is 0 Å². The van der Waals surface area contributed by atoms with Crippen LogP contribution >= 0.6 is 11.6 Å². The molecule has 190 valence electrons. The number of rotatable bonds is 10. The number of benzene rings is 3. The Morgan fingerprint density at radius 2 is 1.58 bits per heavy atom. The maximum atomic E-state index is 13.6. The lowest BCUT2D eigenvalue weighted by Crippen LogP contribution is -2.55. The Hall–Kier alpha value is -3.51. The fourth-order valence-corrected chi connectivity index (χ4v) is 3.86. The molecule has 0 fully saturated rings. The van der Waals surface area contributed by atoms with Crippen molar-refractivity contribution in [3.63, 3.8) is 0 Å². The van der Waals surface area contributed by atoms with Crippen molar-refractivity contribution >= 4 is 23.4 Å². The molecule has 3 aromatic carbocycles. The predicted octanol–water partition coefficient (Wildman–Crippen LogP) is 5.28. The molecule has 0 heterocycles. The smallest absolute Gasteiger partial charge is 0.261 e. The molecule has 1 atom stereocenters. The Morgan fingerprint density at radius 1 is 0.917 bits per heavy atom. The Balaban J connectivity index is 1.93. The molecule has 3 rings (SSSR count). The summed E-state index contributed by atoms with van der Waals surface area (Å²) in [6.07, 6.45) is 0.361. The zero-order chi connectivity index (χ0) is 26.1. The topological polar surface area (TPSA) is 67.9 Å². The first kappa shape index (κ1) is 27.1. The van der Waals surface area contributed by atoms with Crippen LogP contribution in [0.2, 0.25) is 5.02 Å². The first-order valence-corrected chi connectivity index (χ1v) is 12.2. The summed E-state index contributed by atoms with van der Waals surface area (Å²) in [6, 6.07) is 23.2. The molecular weight excluding hydrogens is 476 g/mol. The van der Waals surface area contributed by atoms with Gasteiger partial charge in [-0.15, -0.1) is 0 Å². The number of hydrogen-bond donors (Lipinski definition) is 1. The van der Waals surface area contributed by atoms with Crippen molar-refractivity contribution in [3.05, 3.63) is 95.0 Å². The lowest BCUT2D eigenvalue weighted by molar-refractivity contribution is -0.143. The normalized spacial score (nSPS) is 11.9. The van der Waals surface area contributed by atoms with E-state index in [0.29, 0.717) is 22.9 Å². The van der Waals surface area contributed by atoms with Crippen LogP contribution in [0.15, 0.2) is 78.9 Å². The van der Waals surface area contributed by atoms with Crippen molar-refractivity contribution in [3.8, 4) is 11.5 Å². The van der Waals surface area contributed by atoms with Gasteiger partial charge in [0.15, 0.2) is 6.61 Å². The summed E-state index contributed by atoms with van der Waals surface area (Å²) >= 11 is 5.96. The van der Waals surface area contributed by atoms with Crippen molar-refractivity contribution in [2.75, 3.05) is 13.7 Å². The minimum absolute atomic E-state index is 0.217. The maximum absolute atomic E-state index is 13.6. The Morgan fingerprint density at radius 3 is 2.22 bits per heavy atom. The number of halogens is 1. The number of nitrogens with zero attached hydrogens (tertiary/aromatic N) is 1. The standard InChI is InChI=1S/C29H33ClN2O4/c1-29(2,3)31-28(34)26(18-21-9-6-5-7-10-21)32(19-22-11-8-12-25(17-22)35-4)27(33)20-36-24-15-13-23(30)14-16-24/h5-17,26H,18-20H2,1-4H3,(H,31,34)/t26-/m0/s1. The first-order chi connectivity index (χ1) is 17.1. The summed E-state index contributed by atoms with van der Waals surface area (Å²) in [6.45, 7) is 5.75. The van der Waals surface area contributed by atoms with Crippen molar-refractivity contribution in [1.82, 2.24) is 10.2 Å². The van der Waals surface area contributed by atoms with Gasteiger partial charge < -0.3 is 19.7 Å². The van der Waals surface area contributed by atoms with Gasteiger partial charge in [-0.3, -0.25) is 9.59 Å². The monoisotopic (exact) mass is 508 g/mol. The molecule has 0 aromatic heterocycles. The third-order valence-electron chi connectivity index (χ3n) is 5.43. The van der Waals surface area contributed by atoms with Gasteiger partial charge in [-0.1, -0.05) is 54.1 Å². The SMILES string of the molecule is COc1cccc(CN(C(=O)COc2ccc(Cl)cc2)[C@@H](Cc2ccccc2)C(=O)NC(C)(C)C)c1. The molecule has 0 bridgehead atoms. The molecule has 2 amide bonds. The van der Waals surface area contributed by atoms with Gasteiger partial charge in [0.25, 0.3) is 5.91 Å². The van der Waals surface area contributed by atoms with Gasteiger partial charge in [-0.25, -0.2) is 0 Å². The number of hydrogen-bond acceptors (Lipinski definition) is 4. The zero-order valence-corrected chi connectivity index (χ0v) is 21.9. The molecule has 0 saturated heterocycles. The summed E-state index contributed by atoms with van der Waals surface area (Å²) in [7, 11) is 1.59. The summed E-state index contributed by atoms with van der Waals surface area (Å²) < 4.78 is 11.1. The summed E-state index contributed by atoms with van der Waals surface area (Å²) in [5, 5.41) is 3.63. The van der Waals surface area contributed by atoms with Gasteiger partial charge in [0, 0.05) is 23.5 Å². The van der Waals surface area contributed by atoms with E-state index < -0.39 is 11.6 Å². The number of carbonyl (C=O) groups is 2. The second kappa shape index (κ2) is 12.5. The van der Waals surface area contributed by atoms with Crippen molar-refractivity contribution < 1.29 is 19.1 Å². The van der Waals surface area contributed by atoms with E-state index in [1.54, 1.807) is 36.3 Å². The van der Waals surface area contributed by atoms with Crippen LogP contribution in [-0.2, 0) is 22.6 Å². The average molecular weight is 509 g/mol. The molecular formula is C29H33ClN2O4. The molecule has 0 aliphatic heterocycles. The maximum Gasteiger partial charge on any atom is 0.261 e. The third kappa shape index (κ3) is 8.31. The molecule has 36 heavy (non-hydrogen) atoms. The van der Waals surface area contributed by atoms with Crippen LogP contribution in [0, 0.1) is 0 Å². The number of ether oxygens (including phenoxy) is 2. The molecule has 0 radical (unpaired) electrons. The highest BCUT2D eigenvalue weighted by atomic mass is 35.5. The highest BCUT2D eigenvalue weighted by Crippen LogP contribution is 2.20. The van der Waals surface area contributed by atoms with Crippen LogP contribution in [0.5, 0.6) is 11.5 Å². The van der Waals surface area contributed by atoms with E-state index in [1.165, 1.54) is 0 Å². The zero-order valence-electron chi connectivity index (χ0n) is 21.2. The minimum Gasteiger partial charge on any atom is -0.497 e. The van der Waals surface area contributed by atoms with Gasteiger partial charge in [0.2, 0.25) is 5.91 Å². The average Bonchev–Trinajstić information content (AvgIpc) is 2.85. The molecule has 0 spiro atoms. The lowest BCUT2D eigenvalue weighted by Gasteiger charge is -2.33. The Kier molecular flexibility index (Phi) is 9.37. The molecule has 0 unspecified atom stereocenters. The second-order valence-corrected chi connectivity index (χ2v) is 10.00. The van der Waals surface area contributed by atoms with Crippen LogP contribution in [0.1, 0.15) is 31.9 Å². The Bertz CT molecular complexity index is 1140. The lowest BCUT2D eigenvalue weighted by atomic mass is 10.0. The van der Waals surface area contributed by atoms with E-state index in [4.69, 9.17) is 21.1 Å². The Labute approximate surface area is 218 Å². The molecule has 0 aliphatic rings. The van der Waals surface area contributed by atoms with Crippen LogP contribution in [0.4, 0.5) is 0 Å². The summed E-state index contributed by atoms with van der Waals surface area (Å²) in [4.78, 5) is 28.7. The third-order valence-corrected chi connectivity index (χ3v) is 5.68. The van der Waals surface area contributed by atoms with Gasteiger partial charge in [0.1, 0.15) is 17.5 Å². The molecule has 7 heteroatoms. The van der Waals surface area contributed by atoms with Crippen LogP contribution in [-0.4, -0.2) is 42.0 Å². The predicted molar refractivity (Wildman–Crippen MR) is 142 cm³/mol.